The molecule has 0 unspecified atom stereocenters. The fourth-order valence-corrected chi connectivity index (χ4v) is 2.25. The molecule has 2 rings (SSSR count). The van der Waals surface area contributed by atoms with Gasteiger partial charge in [-0.3, -0.25) is 4.79 Å². The molecule has 0 amide bonds. The summed E-state index contributed by atoms with van der Waals surface area (Å²) in [7, 11) is 2.78. The van der Waals surface area contributed by atoms with Gasteiger partial charge < -0.3 is 14.3 Å². The van der Waals surface area contributed by atoms with Crippen LogP contribution in [-0.4, -0.2) is 25.9 Å². The van der Waals surface area contributed by atoms with Gasteiger partial charge in [0.05, 0.1) is 13.5 Å². The van der Waals surface area contributed by atoms with Crippen LogP contribution >= 0.6 is 0 Å². The van der Waals surface area contributed by atoms with Crippen molar-refractivity contribution >= 4 is 11.7 Å². The minimum absolute atomic E-state index is 0.00901. The zero-order chi connectivity index (χ0) is 17.4. The summed E-state index contributed by atoms with van der Waals surface area (Å²) >= 11 is 0. The Morgan fingerprint density at radius 2 is 1.75 bits per heavy atom. The van der Waals surface area contributed by atoms with E-state index >= 15 is 0 Å². The molecule has 0 aliphatic rings. The van der Waals surface area contributed by atoms with Crippen LogP contribution in [0, 0.1) is 6.92 Å². The Bertz CT molecular complexity index is 725. The number of aryl methyl sites for hydroxylation is 1. The van der Waals surface area contributed by atoms with Crippen molar-refractivity contribution in [3.8, 4) is 5.75 Å². The lowest BCUT2D eigenvalue weighted by atomic mass is 10.1. The van der Waals surface area contributed by atoms with E-state index in [4.69, 9.17) is 14.3 Å². The molecule has 0 spiro atoms. The van der Waals surface area contributed by atoms with Crippen LogP contribution in [0.5, 0.6) is 5.75 Å². The highest BCUT2D eigenvalue weighted by Gasteiger charge is 2.16. The van der Waals surface area contributed by atoms with Crippen LogP contribution in [0.3, 0.4) is 0 Å². The summed E-state index contributed by atoms with van der Waals surface area (Å²) in [4.78, 5) is 16.5. The highest BCUT2D eigenvalue weighted by atomic mass is 16.6. The van der Waals surface area contributed by atoms with Crippen molar-refractivity contribution in [2.45, 2.75) is 20.0 Å². The second-order valence-electron chi connectivity index (χ2n) is 5.18. The molecule has 0 aromatic heterocycles. The van der Waals surface area contributed by atoms with Crippen LogP contribution in [0.1, 0.15) is 23.1 Å². The number of benzene rings is 2. The number of oxime groups is 1. The maximum atomic E-state index is 11.6. The third-order valence-electron chi connectivity index (χ3n) is 3.58. The number of carbonyl (C=O) groups is 1. The second-order valence-corrected chi connectivity index (χ2v) is 5.18. The number of nitrogens with zero attached hydrogens (tertiary/aromatic N) is 1. The predicted molar refractivity (Wildman–Crippen MR) is 92.1 cm³/mol. The maximum Gasteiger partial charge on any atom is 0.311 e. The first-order valence-electron chi connectivity index (χ1n) is 7.59. The number of para-hydroxylation sites is 1. The lowest BCUT2D eigenvalue weighted by molar-refractivity contribution is -0.139. The van der Waals surface area contributed by atoms with E-state index in [-0.39, 0.29) is 12.4 Å². The summed E-state index contributed by atoms with van der Waals surface area (Å²) < 4.78 is 10.7. The Labute approximate surface area is 141 Å². The number of rotatable bonds is 7. The minimum Gasteiger partial charge on any atom is -0.488 e. The van der Waals surface area contributed by atoms with Crippen molar-refractivity contribution in [3.63, 3.8) is 0 Å². The first-order chi connectivity index (χ1) is 11.7. The van der Waals surface area contributed by atoms with E-state index in [9.17, 15) is 4.79 Å². The summed E-state index contributed by atoms with van der Waals surface area (Å²) in [5, 5.41) is 3.95. The van der Waals surface area contributed by atoms with Gasteiger partial charge in [0.15, 0.2) is 0 Å². The molecular formula is C19H21NO4. The molecule has 0 bridgehead atoms. The summed E-state index contributed by atoms with van der Waals surface area (Å²) in [5.41, 5.74) is 3.43. The molecule has 5 heteroatoms. The van der Waals surface area contributed by atoms with Crippen molar-refractivity contribution in [1.29, 1.82) is 0 Å². The molecule has 0 N–H and O–H groups in total. The highest BCUT2D eigenvalue weighted by Crippen LogP contribution is 2.22. The topological polar surface area (TPSA) is 57.1 Å². The lowest BCUT2D eigenvalue weighted by Crippen LogP contribution is -2.13. The zero-order valence-electron chi connectivity index (χ0n) is 14.1. The highest BCUT2D eigenvalue weighted by molar-refractivity contribution is 6.10. The number of hydrogen-bond acceptors (Lipinski definition) is 5. The average molecular weight is 327 g/mol. The molecule has 2 aromatic carbocycles. The largest absolute Gasteiger partial charge is 0.488 e. The molecule has 0 fully saturated rings. The van der Waals surface area contributed by atoms with Gasteiger partial charge in [-0.1, -0.05) is 41.6 Å². The summed E-state index contributed by atoms with van der Waals surface area (Å²) in [5.74, 6) is 0.250. The summed E-state index contributed by atoms with van der Waals surface area (Å²) in [6.45, 7) is 2.47. The van der Waals surface area contributed by atoms with Gasteiger partial charge in [-0.25, -0.2) is 0 Å². The van der Waals surface area contributed by atoms with Crippen molar-refractivity contribution < 1.29 is 19.1 Å². The van der Waals surface area contributed by atoms with Crippen LogP contribution in [0.4, 0.5) is 0 Å². The van der Waals surface area contributed by atoms with Gasteiger partial charge >= 0.3 is 5.97 Å². The van der Waals surface area contributed by atoms with Gasteiger partial charge in [-0.2, -0.15) is 0 Å². The molecule has 0 heterocycles. The molecule has 0 aliphatic carbocycles. The number of hydrogen-bond donors (Lipinski definition) is 0. The Morgan fingerprint density at radius 3 is 2.46 bits per heavy atom. The number of carbonyl (C=O) groups excluding carboxylic acids is 1. The molecule has 5 nitrogen and oxygen atoms in total. The van der Waals surface area contributed by atoms with Crippen molar-refractivity contribution in [1.82, 2.24) is 0 Å². The normalized spacial score (nSPS) is 11.0. The monoisotopic (exact) mass is 327 g/mol. The zero-order valence-corrected chi connectivity index (χ0v) is 14.1. The van der Waals surface area contributed by atoms with Crippen LogP contribution in [-0.2, 0) is 21.0 Å². The number of ether oxygens (including phenoxy) is 2. The Morgan fingerprint density at radius 1 is 1.04 bits per heavy atom. The van der Waals surface area contributed by atoms with E-state index in [2.05, 4.69) is 5.16 Å². The molecule has 24 heavy (non-hydrogen) atoms. The van der Waals surface area contributed by atoms with Gasteiger partial charge in [0.25, 0.3) is 0 Å². The van der Waals surface area contributed by atoms with E-state index < -0.39 is 0 Å². The first kappa shape index (κ1) is 17.5. The van der Waals surface area contributed by atoms with Crippen molar-refractivity contribution in [2.75, 3.05) is 14.2 Å². The van der Waals surface area contributed by atoms with Crippen LogP contribution < -0.4 is 4.74 Å². The molecular weight excluding hydrogens is 306 g/mol. The quantitative estimate of drug-likeness (QED) is 0.444. The van der Waals surface area contributed by atoms with Gasteiger partial charge in [0.2, 0.25) is 0 Å². The average Bonchev–Trinajstić information content (AvgIpc) is 2.61. The summed E-state index contributed by atoms with van der Waals surface area (Å²) in [6, 6.07) is 15.5. The molecule has 0 radical (unpaired) electrons. The van der Waals surface area contributed by atoms with E-state index in [1.165, 1.54) is 14.2 Å². The fraction of sp³-hybridized carbons (Fsp3) is 0.263. The van der Waals surface area contributed by atoms with Crippen LogP contribution in [0.15, 0.2) is 53.7 Å². The standard InChI is InChI=1S/C19H21NO4/c1-14-8-4-5-9-15(14)13-24-18-11-7-6-10-16(18)17(20-23-3)12-19(21)22-2/h4-11H,12-13H2,1-3H3/b20-17-. The van der Waals surface area contributed by atoms with Crippen LogP contribution in [0.2, 0.25) is 0 Å². The van der Waals surface area contributed by atoms with E-state index in [1.807, 2.05) is 55.5 Å². The number of methoxy groups -OCH3 is 1. The summed E-state index contributed by atoms with van der Waals surface area (Å²) in [6.07, 6.45) is 0.00901. The van der Waals surface area contributed by atoms with Gasteiger partial charge in [-0.05, 0) is 30.2 Å². The molecule has 0 aliphatic heterocycles. The Kier molecular flexibility index (Phi) is 6.37. The van der Waals surface area contributed by atoms with E-state index in [0.717, 1.165) is 11.1 Å². The van der Waals surface area contributed by atoms with E-state index in [0.29, 0.717) is 23.6 Å². The molecule has 0 saturated carbocycles. The lowest BCUT2D eigenvalue weighted by Gasteiger charge is -2.13. The van der Waals surface area contributed by atoms with Gasteiger partial charge in [0.1, 0.15) is 25.2 Å². The first-order valence-corrected chi connectivity index (χ1v) is 7.59. The Balaban J connectivity index is 2.24. The smallest absolute Gasteiger partial charge is 0.311 e. The third kappa shape index (κ3) is 4.59. The molecule has 0 atom stereocenters. The second kappa shape index (κ2) is 8.72. The van der Waals surface area contributed by atoms with Gasteiger partial charge in [0, 0.05) is 5.56 Å². The molecule has 0 saturated heterocycles. The SMILES string of the molecule is CO/N=C(/CC(=O)OC)c1ccccc1OCc1ccccc1C. The minimum atomic E-state index is -0.389. The Hall–Kier alpha value is -2.82. The number of esters is 1. The van der Waals surface area contributed by atoms with E-state index in [1.54, 1.807) is 0 Å². The van der Waals surface area contributed by atoms with Gasteiger partial charge in [-0.15, -0.1) is 0 Å². The molecule has 126 valence electrons. The van der Waals surface area contributed by atoms with Crippen molar-refractivity contribution in [3.05, 3.63) is 65.2 Å². The third-order valence-corrected chi connectivity index (χ3v) is 3.58. The molecule has 2 aromatic rings. The predicted octanol–water partition coefficient (Wildman–Crippen LogP) is 3.49. The fourth-order valence-electron chi connectivity index (χ4n) is 2.25. The van der Waals surface area contributed by atoms with Crippen molar-refractivity contribution in [2.24, 2.45) is 5.16 Å². The van der Waals surface area contributed by atoms with Crippen LogP contribution in [0.25, 0.3) is 0 Å². The maximum absolute atomic E-state index is 11.6.